The number of hydrogen-bond donors (Lipinski definition) is 2. The summed E-state index contributed by atoms with van der Waals surface area (Å²) in [5.74, 6) is -0.730. The van der Waals surface area contributed by atoms with Gasteiger partial charge in [-0.3, -0.25) is 14.4 Å². The molecule has 0 radical (unpaired) electrons. The molecule has 0 aliphatic carbocycles. The molecule has 2 unspecified atom stereocenters. The number of carbonyl (C=O) groups is 3. The van der Waals surface area contributed by atoms with E-state index in [1.165, 1.54) is 0 Å². The molecule has 2 atom stereocenters. The van der Waals surface area contributed by atoms with Crippen LogP contribution in [0.15, 0.2) is 0 Å². The Morgan fingerprint density at radius 2 is 2.10 bits per heavy atom. The first-order valence-electron chi connectivity index (χ1n) is 6.97. The van der Waals surface area contributed by atoms with Gasteiger partial charge in [0, 0.05) is 17.8 Å². The van der Waals surface area contributed by atoms with E-state index in [0.29, 0.717) is 13.0 Å². The van der Waals surface area contributed by atoms with Crippen LogP contribution in [0.3, 0.4) is 0 Å². The minimum atomic E-state index is -0.721. The van der Waals surface area contributed by atoms with Crippen LogP contribution < -0.4 is 11.1 Å². The number of nitrogens with two attached hydrogens (primary N) is 1. The third kappa shape index (κ3) is 4.30. The zero-order valence-electron chi connectivity index (χ0n) is 12.4. The molecule has 0 aromatic carbocycles. The molecule has 0 spiro atoms. The predicted molar refractivity (Wildman–Crippen MR) is 73.7 cm³/mol. The minimum absolute atomic E-state index is 0.0179. The maximum absolute atomic E-state index is 11.9. The molecule has 1 aliphatic rings. The van der Waals surface area contributed by atoms with Gasteiger partial charge in [-0.1, -0.05) is 20.8 Å². The number of amides is 2. The Hall–Kier alpha value is -1.43. The molecule has 114 valence electrons. The lowest BCUT2D eigenvalue weighted by atomic mass is 9.86. The second kappa shape index (κ2) is 6.83. The monoisotopic (exact) mass is 284 g/mol. The van der Waals surface area contributed by atoms with Crippen molar-refractivity contribution in [2.24, 2.45) is 17.1 Å². The second-order valence-electron chi connectivity index (χ2n) is 5.94. The SMILES string of the molecule is CCC1COCC(=O)C1NC(=O)CCC(C)(C)C(N)=O. The summed E-state index contributed by atoms with van der Waals surface area (Å²) in [5.41, 5.74) is 4.54. The summed E-state index contributed by atoms with van der Waals surface area (Å²) < 4.78 is 5.18. The number of ketones is 1. The molecule has 0 aromatic rings. The Bertz CT molecular complexity index is 393. The zero-order chi connectivity index (χ0) is 15.3. The molecule has 1 saturated heterocycles. The number of ether oxygens (including phenoxy) is 1. The van der Waals surface area contributed by atoms with Crippen LogP contribution in [0.25, 0.3) is 0 Å². The van der Waals surface area contributed by atoms with Crippen molar-refractivity contribution < 1.29 is 19.1 Å². The van der Waals surface area contributed by atoms with Crippen LogP contribution in [0.4, 0.5) is 0 Å². The Morgan fingerprint density at radius 3 is 2.65 bits per heavy atom. The van der Waals surface area contributed by atoms with Crippen molar-refractivity contribution in [3.8, 4) is 0 Å². The van der Waals surface area contributed by atoms with Crippen LogP contribution in [0.5, 0.6) is 0 Å². The van der Waals surface area contributed by atoms with Crippen LogP contribution in [0.2, 0.25) is 0 Å². The van der Waals surface area contributed by atoms with Crippen molar-refractivity contribution in [1.29, 1.82) is 0 Å². The average Bonchev–Trinajstić information content (AvgIpc) is 2.38. The summed E-state index contributed by atoms with van der Waals surface area (Å²) >= 11 is 0. The molecule has 0 saturated carbocycles. The van der Waals surface area contributed by atoms with Crippen molar-refractivity contribution in [2.45, 2.75) is 46.1 Å². The van der Waals surface area contributed by atoms with Gasteiger partial charge in [0.1, 0.15) is 6.61 Å². The van der Waals surface area contributed by atoms with E-state index in [1.807, 2.05) is 6.92 Å². The van der Waals surface area contributed by atoms with E-state index in [-0.39, 0.29) is 30.6 Å². The van der Waals surface area contributed by atoms with Gasteiger partial charge in [-0.25, -0.2) is 0 Å². The molecule has 1 rings (SSSR count). The highest BCUT2D eigenvalue weighted by atomic mass is 16.5. The molecule has 2 amide bonds. The average molecular weight is 284 g/mol. The Morgan fingerprint density at radius 1 is 1.45 bits per heavy atom. The van der Waals surface area contributed by atoms with Crippen LogP contribution >= 0.6 is 0 Å². The van der Waals surface area contributed by atoms with E-state index < -0.39 is 17.4 Å². The molecule has 1 aliphatic heterocycles. The lowest BCUT2D eigenvalue weighted by molar-refractivity contribution is -0.138. The number of carbonyl (C=O) groups excluding carboxylic acids is 3. The van der Waals surface area contributed by atoms with Crippen LogP contribution in [-0.2, 0) is 19.1 Å². The summed E-state index contributed by atoms with van der Waals surface area (Å²) in [6.45, 7) is 5.91. The van der Waals surface area contributed by atoms with Crippen molar-refractivity contribution in [2.75, 3.05) is 13.2 Å². The first kappa shape index (κ1) is 16.6. The van der Waals surface area contributed by atoms with E-state index in [9.17, 15) is 14.4 Å². The topological polar surface area (TPSA) is 98.5 Å². The minimum Gasteiger partial charge on any atom is -0.373 e. The second-order valence-corrected chi connectivity index (χ2v) is 5.94. The van der Waals surface area contributed by atoms with Crippen LogP contribution in [0.1, 0.15) is 40.0 Å². The van der Waals surface area contributed by atoms with E-state index in [2.05, 4.69) is 5.32 Å². The molecule has 1 fully saturated rings. The molecule has 3 N–H and O–H groups in total. The number of hydrogen-bond acceptors (Lipinski definition) is 4. The maximum Gasteiger partial charge on any atom is 0.223 e. The molecule has 1 heterocycles. The molecular formula is C14H24N2O4. The van der Waals surface area contributed by atoms with Gasteiger partial charge in [-0.2, -0.15) is 0 Å². The van der Waals surface area contributed by atoms with Crippen molar-refractivity contribution in [3.05, 3.63) is 0 Å². The number of nitrogens with one attached hydrogen (secondary N) is 1. The first-order chi connectivity index (χ1) is 9.27. The molecule has 20 heavy (non-hydrogen) atoms. The van der Waals surface area contributed by atoms with Gasteiger partial charge in [0.25, 0.3) is 0 Å². The number of primary amides is 1. The highest BCUT2D eigenvalue weighted by molar-refractivity contribution is 5.90. The van der Waals surface area contributed by atoms with Gasteiger partial charge in [-0.05, 0) is 12.8 Å². The van der Waals surface area contributed by atoms with Gasteiger partial charge >= 0.3 is 0 Å². The lowest BCUT2D eigenvalue weighted by Gasteiger charge is -2.30. The van der Waals surface area contributed by atoms with Gasteiger partial charge < -0.3 is 15.8 Å². The van der Waals surface area contributed by atoms with Crippen molar-refractivity contribution in [3.63, 3.8) is 0 Å². The fraction of sp³-hybridized carbons (Fsp3) is 0.786. The molecule has 6 nitrogen and oxygen atoms in total. The van der Waals surface area contributed by atoms with Gasteiger partial charge in [0.2, 0.25) is 11.8 Å². The Kier molecular flexibility index (Phi) is 5.68. The fourth-order valence-corrected chi connectivity index (χ4v) is 2.11. The number of Topliss-reactive ketones (excluding diaryl/α,β-unsaturated/α-hetero) is 1. The van der Waals surface area contributed by atoms with E-state index in [0.717, 1.165) is 6.42 Å². The highest BCUT2D eigenvalue weighted by Crippen LogP contribution is 2.22. The summed E-state index contributed by atoms with van der Waals surface area (Å²) in [7, 11) is 0. The van der Waals surface area contributed by atoms with E-state index in [4.69, 9.17) is 10.5 Å². The van der Waals surface area contributed by atoms with Crippen molar-refractivity contribution >= 4 is 17.6 Å². The van der Waals surface area contributed by atoms with Gasteiger partial charge in [0.05, 0.1) is 12.6 Å². The molecule has 6 heteroatoms. The summed E-state index contributed by atoms with van der Waals surface area (Å²) in [6, 6.07) is -0.474. The standard InChI is InChI=1S/C14H24N2O4/c1-4-9-7-20-8-10(17)12(9)16-11(18)5-6-14(2,3)13(15)19/h9,12H,4-8H2,1-3H3,(H2,15,19)(H,16,18). The van der Waals surface area contributed by atoms with Crippen LogP contribution in [0, 0.1) is 11.3 Å². The van der Waals surface area contributed by atoms with Gasteiger partial charge in [0.15, 0.2) is 5.78 Å². The van der Waals surface area contributed by atoms with E-state index >= 15 is 0 Å². The predicted octanol–water partition coefficient (Wildman–Crippen LogP) is 0.388. The van der Waals surface area contributed by atoms with Crippen LogP contribution in [-0.4, -0.2) is 36.9 Å². The van der Waals surface area contributed by atoms with E-state index in [1.54, 1.807) is 13.8 Å². The first-order valence-corrected chi connectivity index (χ1v) is 6.97. The lowest BCUT2D eigenvalue weighted by Crippen LogP contribution is -2.51. The smallest absolute Gasteiger partial charge is 0.223 e. The summed E-state index contributed by atoms with van der Waals surface area (Å²) in [4.78, 5) is 34.9. The Balaban J connectivity index is 2.52. The third-order valence-electron chi connectivity index (χ3n) is 3.88. The fourth-order valence-electron chi connectivity index (χ4n) is 2.11. The Labute approximate surface area is 119 Å². The zero-order valence-corrected chi connectivity index (χ0v) is 12.4. The summed E-state index contributed by atoms with van der Waals surface area (Å²) in [6.07, 6.45) is 1.31. The normalized spacial score (nSPS) is 23.4. The molecule has 0 aromatic heterocycles. The molecular weight excluding hydrogens is 260 g/mol. The maximum atomic E-state index is 11.9. The summed E-state index contributed by atoms with van der Waals surface area (Å²) in [5, 5.41) is 2.76. The van der Waals surface area contributed by atoms with Gasteiger partial charge in [-0.15, -0.1) is 0 Å². The number of rotatable bonds is 6. The third-order valence-corrected chi connectivity index (χ3v) is 3.88. The van der Waals surface area contributed by atoms with Crippen molar-refractivity contribution in [1.82, 2.24) is 5.32 Å². The largest absolute Gasteiger partial charge is 0.373 e. The molecule has 0 bridgehead atoms. The quantitative estimate of drug-likeness (QED) is 0.737. The highest BCUT2D eigenvalue weighted by Gasteiger charge is 2.33.